The van der Waals surface area contributed by atoms with Crippen molar-refractivity contribution in [1.82, 2.24) is 20.2 Å². The third-order valence-electron chi connectivity index (χ3n) is 4.54. The number of para-hydroxylation sites is 1. The highest BCUT2D eigenvalue weighted by Gasteiger charge is 2.34. The van der Waals surface area contributed by atoms with E-state index in [2.05, 4.69) is 26.2 Å². The van der Waals surface area contributed by atoms with Gasteiger partial charge in [0.15, 0.2) is 0 Å². The van der Waals surface area contributed by atoms with E-state index in [-0.39, 0.29) is 12.0 Å². The van der Waals surface area contributed by atoms with Crippen molar-refractivity contribution >= 4 is 17.5 Å². The Bertz CT molecular complexity index is 1060. The van der Waals surface area contributed by atoms with Crippen LogP contribution in [0, 0.1) is 0 Å². The van der Waals surface area contributed by atoms with Gasteiger partial charge < -0.3 is 15.4 Å². The normalized spacial score (nSPS) is 15.7. The SMILES string of the molecule is CC1=C(C(=O)Nc2ccccc2)C(c2cccc(OC(C)C)c2)n2nnnc2N1. The van der Waals surface area contributed by atoms with Crippen LogP contribution in [0.25, 0.3) is 0 Å². The lowest BCUT2D eigenvalue weighted by molar-refractivity contribution is -0.113. The lowest BCUT2D eigenvalue weighted by Crippen LogP contribution is -2.31. The van der Waals surface area contributed by atoms with E-state index in [1.807, 2.05) is 75.4 Å². The Kier molecular flexibility index (Phi) is 4.99. The van der Waals surface area contributed by atoms with Crippen molar-refractivity contribution in [2.24, 2.45) is 0 Å². The molecule has 3 aromatic rings. The van der Waals surface area contributed by atoms with E-state index in [9.17, 15) is 4.79 Å². The second-order valence-corrected chi connectivity index (χ2v) is 7.07. The molecule has 148 valence electrons. The van der Waals surface area contributed by atoms with E-state index >= 15 is 0 Å². The van der Waals surface area contributed by atoms with E-state index < -0.39 is 6.04 Å². The van der Waals surface area contributed by atoms with Gasteiger partial charge in [-0.2, -0.15) is 4.68 Å². The maximum Gasteiger partial charge on any atom is 0.255 e. The number of hydrogen-bond acceptors (Lipinski definition) is 6. The van der Waals surface area contributed by atoms with Gasteiger partial charge in [-0.15, -0.1) is 0 Å². The number of tetrazole rings is 1. The number of hydrogen-bond donors (Lipinski definition) is 2. The second-order valence-electron chi connectivity index (χ2n) is 7.07. The summed E-state index contributed by atoms with van der Waals surface area (Å²) in [5, 5.41) is 18.0. The number of nitrogens with zero attached hydrogens (tertiary/aromatic N) is 4. The van der Waals surface area contributed by atoms with Gasteiger partial charge in [-0.05, 0) is 61.0 Å². The van der Waals surface area contributed by atoms with Gasteiger partial charge in [-0.1, -0.05) is 35.4 Å². The van der Waals surface area contributed by atoms with Crippen molar-refractivity contribution in [3.05, 3.63) is 71.4 Å². The number of nitrogens with one attached hydrogen (secondary N) is 2. The Morgan fingerprint density at radius 1 is 1.17 bits per heavy atom. The van der Waals surface area contributed by atoms with Crippen LogP contribution in [0.3, 0.4) is 0 Å². The molecule has 0 fully saturated rings. The summed E-state index contributed by atoms with van der Waals surface area (Å²) in [6.45, 7) is 5.79. The molecule has 2 aromatic carbocycles. The molecule has 1 aromatic heterocycles. The first kappa shape index (κ1) is 18.7. The van der Waals surface area contributed by atoms with Crippen molar-refractivity contribution in [1.29, 1.82) is 0 Å². The summed E-state index contributed by atoms with van der Waals surface area (Å²) in [4.78, 5) is 13.2. The summed E-state index contributed by atoms with van der Waals surface area (Å²) < 4.78 is 7.45. The van der Waals surface area contributed by atoms with Crippen LogP contribution < -0.4 is 15.4 Å². The molecule has 4 rings (SSSR count). The van der Waals surface area contributed by atoms with Crippen molar-refractivity contribution < 1.29 is 9.53 Å². The second kappa shape index (κ2) is 7.75. The third-order valence-corrected chi connectivity index (χ3v) is 4.54. The van der Waals surface area contributed by atoms with E-state index in [0.717, 1.165) is 17.0 Å². The number of allylic oxidation sites excluding steroid dienone is 1. The van der Waals surface area contributed by atoms with Crippen molar-refractivity contribution in [3.8, 4) is 5.75 Å². The van der Waals surface area contributed by atoms with Crippen LogP contribution >= 0.6 is 0 Å². The van der Waals surface area contributed by atoms with Gasteiger partial charge in [-0.25, -0.2) is 0 Å². The number of carbonyl (C=O) groups excluding carboxylic acids is 1. The first-order valence-electron chi connectivity index (χ1n) is 9.41. The first-order chi connectivity index (χ1) is 14.0. The molecule has 1 unspecified atom stereocenters. The molecule has 1 aliphatic rings. The summed E-state index contributed by atoms with van der Waals surface area (Å²) >= 11 is 0. The van der Waals surface area contributed by atoms with Crippen LogP contribution in [0.5, 0.6) is 5.75 Å². The Balaban J connectivity index is 1.75. The zero-order valence-corrected chi connectivity index (χ0v) is 16.5. The van der Waals surface area contributed by atoms with Gasteiger partial charge in [0, 0.05) is 11.4 Å². The van der Waals surface area contributed by atoms with Gasteiger partial charge in [0.1, 0.15) is 11.8 Å². The predicted molar refractivity (Wildman–Crippen MR) is 110 cm³/mol. The van der Waals surface area contributed by atoms with Crippen LogP contribution in [0.4, 0.5) is 11.6 Å². The maximum atomic E-state index is 13.2. The fourth-order valence-electron chi connectivity index (χ4n) is 3.36. The molecule has 0 spiro atoms. The predicted octanol–water partition coefficient (Wildman–Crippen LogP) is 3.39. The fourth-order valence-corrected chi connectivity index (χ4v) is 3.36. The minimum absolute atomic E-state index is 0.0417. The van der Waals surface area contributed by atoms with E-state index in [1.165, 1.54) is 0 Å². The van der Waals surface area contributed by atoms with Gasteiger partial charge in [0.05, 0.1) is 11.7 Å². The smallest absolute Gasteiger partial charge is 0.255 e. The quantitative estimate of drug-likeness (QED) is 0.694. The number of amides is 1. The zero-order valence-electron chi connectivity index (χ0n) is 16.5. The van der Waals surface area contributed by atoms with E-state index in [1.54, 1.807) is 4.68 Å². The molecule has 1 amide bonds. The van der Waals surface area contributed by atoms with Crippen LogP contribution in [-0.4, -0.2) is 32.2 Å². The van der Waals surface area contributed by atoms with E-state index in [4.69, 9.17) is 4.74 Å². The molecular formula is C21H22N6O2. The Hall–Kier alpha value is -3.68. The van der Waals surface area contributed by atoms with Crippen molar-refractivity contribution in [3.63, 3.8) is 0 Å². The van der Waals surface area contributed by atoms with Crippen molar-refractivity contribution in [2.75, 3.05) is 10.6 Å². The fraction of sp³-hybridized carbons (Fsp3) is 0.238. The van der Waals surface area contributed by atoms with Gasteiger partial charge in [0.25, 0.3) is 5.91 Å². The van der Waals surface area contributed by atoms with Crippen LogP contribution in [-0.2, 0) is 4.79 Å². The molecule has 1 atom stereocenters. The molecule has 0 bridgehead atoms. The average Bonchev–Trinajstić information content (AvgIpc) is 3.15. The minimum Gasteiger partial charge on any atom is -0.491 e. The number of rotatable bonds is 5. The van der Waals surface area contributed by atoms with E-state index in [0.29, 0.717) is 17.2 Å². The molecular weight excluding hydrogens is 368 g/mol. The molecule has 1 aliphatic heterocycles. The summed E-state index contributed by atoms with van der Waals surface area (Å²) in [5.74, 6) is 0.993. The topological polar surface area (TPSA) is 94.0 Å². The summed E-state index contributed by atoms with van der Waals surface area (Å²) in [6, 6.07) is 16.5. The molecule has 29 heavy (non-hydrogen) atoms. The lowest BCUT2D eigenvalue weighted by Gasteiger charge is -2.28. The highest BCUT2D eigenvalue weighted by molar-refractivity contribution is 6.06. The molecule has 0 saturated carbocycles. The monoisotopic (exact) mass is 390 g/mol. The molecule has 0 aliphatic carbocycles. The van der Waals surface area contributed by atoms with Crippen LogP contribution in [0.1, 0.15) is 32.4 Å². The first-order valence-corrected chi connectivity index (χ1v) is 9.41. The number of fused-ring (bicyclic) bond motifs is 1. The maximum absolute atomic E-state index is 13.2. The summed E-state index contributed by atoms with van der Waals surface area (Å²) in [5.41, 5.74) is 2.81. The van der Waals surface area contributed by atoms with Crippen LogP contribution in [0.15, 0.2) is 65.9 Å². The highest BCUT2D eigenvalue weighted by Crippen LogP contribution is 2.36. The summed E-state index contributed by atoms with van der Waals surface area (Å²) in [7, 11) is 0. The standard InChI is InChI=1S/C21H22N6O2/c1-13(2)29-17-11-7-8-15(12-17)19-18(14(3)22-21-24-25-26-27(19)21)20(28)23-16-9-5-4-6-10-16/h4-13,19H,1-3H3,(H,23,28)(H,22,24,26). The Labute approximate surface area is 168 Å². The third kappa shape index (κ3) is 3.82. The number of ether oxygens (including phenoxy) is 1. The van der Waals surface area contributed by atoms with Crippen molar-refractivity contribution in [2.45, 2.75) is 32.9 Å². The highest BCUT2D eigenvalue weighted by atomic mass is 16.5. The number of carbonyl (C=O) groups is 1. The average molecular weight is 390 g/mol. The minimum atomic E-state index is -0.485. The number of benzene rings is 2. The zero-order chi connectivity index (χ0) is 20.4. The number of aromatic nitrogens is 4. The molecule has 8 heteroatoms. The molecule has 2 heterocycles. The van der Waals surface area contributed by atoms with Gasteiger partial charge >= 0.3 is 0 Å². The Morgan fingerprint density at radius 2 is 1.97 bits per heavy atom. The van der Waals surface area contributed by atoms with Gasteiger partial charge in [-0.3, -0.25) is 4.79 Å². The number of anilines is 2. The van der Waals surface area contributed by atoms with Crippen LogP contribution in [0.2, 0.25) is 0 Å². The molecule has 2 N–H and O–H groups in total. The Morgan fingerprint density at radius 3 is 2.72 bits per heavy atom. The molecule has 0 saturated heterocycles. The molecule has 0 radical (unpaired) electrons. The largest absolute Gasteiger partial charge is 0.491 e. The lowest BCUT2D eigenvalue weighted by atomic mass is 9.95. The summed E-state index contributed by atoms with van der Waals surface area (Å²) in [6.07, 6.45) is 0.0417. The van der Waals surface area contributed by atoms with Gasteiger partial charge in [0.2, 0.25) is 5.95 Å². The molecule has 8 nitrogen and oxygen atoms in total.